The quantitative estimate of drug-likeness (QED) is 0.649. The molecule has 0 unspecified atom stereocenters. The van der Waals surface area contributed by atoms with Gasteiger partial charge in [0.1, 0.15) is 0 Å². The van der Waals surface area contributed by atoms with Crippen molar-refractivity contribution in [2.45, 2.75) is 17.4 Å². The number of rotatable bonds is 9. The van der Waals surface area contributed by atoms with Gasteiger partial charge in [-0.2, -0.15) is 4.31 Å². The molecule has 2 N–H and O–H groups in total. The molecule has 146 valence electrons. The Morgan fingerprint density at radius 3 is 2.23 bits per heavy atom. The molecule has 0 spiro atoms. The lowest BCUT2D eigenvalue weighted by atomic mass is 10.2. The third-order valence-electron chi connectivity index (χ3n) is 4.34. The summed E-state index contributed by atoms with van der Waals surface area (Å²) in [7, 11) is -0.648. The zero-order valence-corrected chi connectivity index (χ0v) is 16.1. The molecular weight excluding hydrogens is 358 g/mol. The third kappa shape index (κ3) is 5.01. The standard InChI is InChI=1S/C17H27N3O5S/c1-24-11-9-20(10-12-25-2)26(22,23)16-5-3-14(4-6-16)17(21)19-8-7-15(18)13-19/h3-6,15H,7-13,18H2,1-2H3/t15-/m1/s1. The zero-order chi connectivity index (χ0) is 19.2. The normalized spacial score (nSPS) is 17.8. The van der Waals surface area contributed by atoms with Crippen molar-refractivity contribution in [1.29, 1.82) is 0 Å². The van der Waals surface area contributed by atoms with Gasteiger partial charge in [-0.3, -0.25) is 4.79 Å². The van der Waals surface area contributed by atoms with E-state index in [-0.39, 0.29) is 43.1 Å². The van der Waals surface area contributed by atoms with E-state index in [9.17, 15) is 13.2 Å². The van der Waals surface area contributed by atoms with Gasteiger partial charge in [0.25, 0.3) is 5.91 Å². The number of benzene rings is 1. The van der Waals surface area contributed by atoms with E-state index in [0.717, 1.165) is 6.42 Å². The number of ether oxygens (including phenoxy) is 2. The van der Waals surface area contributed by atoms with Crippen LogP contribution in [-0.4, -0.2) is 83.2 Å². The number of carbonyl (C=O) groups is 1. The van der Waals surface area contributed by atoms with Gasteiger partial charge in [-0.15, -0.1) is 0 Å². The lowest BCUT2D eigenvalue weighted by Crippen LogP contribution is -2.36. The molecule has 1 aliphatic heterocycles. The Hall–Kier alpha value is -1.52. The second-order valence-electron chi connectivity index (χ2n) is 6.21. The molecule has 1 aliphatic rings. The van der Waals surface area contributed by atoms with E-state index in [4.69, 9.17) is 15.2 Å². The molecule has 0 aliphatic carbocycles. The maximum absolute atomic E-state index is 12.8. The Morgan fingerprint density at radius 2 is 1.77 bits per heavy atom. The highest BCUT2D eigenvalue weighted by atomic mass is 32.2. The van der Waals surface area contributed by atoms with Crippen LogP contribution < -0.4 is 5.73 Å². The van der Waals surface area contributed by atoms with Gasteiger partial charge in [-0.25, -0.2) is 8.42 Å². The predicted octanol–water partition coefficient (Wildman–Crippen LogP) is 0.143. The van der Waals surface area contributed by atoms with Crippen molar-refractivity contribution >= 4 is 15.9 Å². The van der Waals surface area contributed by atoms with E-state index in [2.05, 4.69) is 0 Å². The number of hydrogen-bond acceptors (Lipinski definition) is 6. The van der Waals surface area contributed by atoms with Gasteiger partial charge < -0.3 is 20.1 Å². The largest absolute Gasteiger partial charge is 0.383 e. The molecule has 1 fully saturated rings. The summed E-state index contributed by atoms with van der Waals surface area (Å²) < 4.78 is 37.0. The van der Waals surface area contributed by atoms with Crippen LogP contribution in [0, 0.1) is 0 Å². The molecular formula is C17H27N3O5S. The first-order valence-corrected chi connectivity index (χ1v) is 9.97. The molecule has 1 aromatic rings. The molecule has 1 aromatic carbocycles. The van der Waals surface area contributed by atoms with Crippen molar-refractivity contribution in [2.24, 2.45) is 5.73 Å². The fraction of sp³-hybridized carbons (Fsp3) is 0.588. The van der Waals surface area contributed by atoms with Gasteiger partial charge in [0, 0.05) is 52.0 Å². The zero-order valence-electron chi connectivity index (χ0n) is 15.3. The van der Waals surface area contributed by atoms with E-state index >= 15 is 0 Å². The molecule has 2 rings (SSSR count). The van der Waals surface area contributed by atoms with Crippen LogP contribution in [0.4, 0.5) is 0 Å². The fourth-order valence-corrected chi connectivity index (χ4v) is 4.22. The molecule has 26 heavy (non-hydrogen) atoms. The van der Waals surface area contributed by atoms with Crippen molar-refractivity contribution in [1.82, 2.24) is 9.21 Å². The number of carbonyl (C=O) groups excluding carboxylic acids is 1. The summed E-state index contributed by atoms with van der Waals surface area (Å²) >= 11 is 0. The Morgan fingerprint density at radius 1 is 1.19 bits per heavy atom. The SMILES string of the molecule is COCCN(CCOC)S(=O)(=O)c1ccc(C(=O)N2CC[C@@H](N)C2)cc1. The summed E-state index contributed by atoms with van der Waals surface area (Å²) in [5.74, 6) is -0.127. The van der Waals surface area contributed by atoms with Crippen LogP contribution in [0.3, 0.4) is 0 Å². The maximum Gasteiger partial charge on any atom is 0.253 e. The third-order valence-corrected chi connectivity index (χ3v) is 6.25. The summed E-state index contributed by atoms with van der Waals surface area (Å²) in [4.78, 5) is 14.3. The minimum atomic E-state index is -3.69. The summed E-state index contributed by atoms with van der Waals surface area (Å²) in [5.41, 5.74) is 6.29. The molecule has 0 bridgehead atoms. The topological polar surface area (TPSA) is 102 Å². The van der Waals surface area contributed by atoms with E-state index in [0.29, 0.717) is 18.7 Å². The maximum atomic E-state index is 12.8. The number of methoxy groups -OCH3 is 2. The van der Waals surface area contributed by atoms with Crippen LogP contribution >= 0.6 is 0 Å². The van der Waals surface area contributed by atoms with E-state index < -0.39 is 10.0 Å². The number of likely N-dealkylation sites (tertiary alicyclic amines) is 1. The highest BCUT2D eigenvalue weighted by molar-refractivity contribution is 7.89. The molecule has 0 radical (unpaired) electrons. The fourth-order valence-electron chi connectivity index (χ4n) is 2.81. The van der Waals surface area contributed by atoms with Crippen molar-refractivity contribution in [2.75, 3.05) is 53.6 Å². The average Bonchev–Trinajstić information content (AvgIpc) is 3.07. The van der Waals surface area contributed by atoms with Gasteiger partial charge in [-0.05, 0) is 30.7 Å². The molecule has 0 aromatic heterocycles. The molecule has 1 amide bonds. The van der Waals surface area contributed by atoms with Gasteiger partial charge in [0.15, 0.2) is 0 Å². The van der Waals surface area contributed by atoms with E-state index in [1.807, 2.05) is 0 Å². The van der Waals surface area contributed by atoms with Crippen molar-refractivity contribution in [3.63, 3.8) is 0 Å². The number of sulfonamides is 1. The van der Waals surface area contributed by atoms with E-state index in [1.165, 1.54) is 30.7 Å². The Balaban J connectivity index is 2.14. The minimum Gasteiger partial charge on any atom is -0.383 e. The summed E-state index contributed by atoms with van der Waals surface area (Å²) in [6.07, 6.45) is 0.784. The smallest absolute Gasteiger partial charge is 0.253 e. The van der Waals surface area contributed by atoms with E-state index in [1.54, 1.807) is 17.0 Å². The number of nitrogens with two attached hydrogens (primary N) is 1. The molecule has 1 heterocycles. The monoisotopic (exact) mass is 385 g/mol. The highest BCUT2D eigenvalue weighted by Gasteiger charge is 2.26. The van der Waals surface area contributed by atoms with Gasteiger partial charge in [-0.1, -0.05) is 0 Å². The first kappa shape index (κ1) is 20.8. The van der Waals surface area contributed by atoms with Crippen molar-refractivity contribution in [3.8, 4) is 0 Å². The average molecular weight is 385 g/mol. The van der Waals surface area contributed by atoms with Gasteiger partial charge in [0.2, 0.25) is 10.0 Å². The Labute approximate surface area is 154 Å². The Kier molecular flexibility index (Phi) is 7.54. The number of hydrogen-bond donors (Lipinski definition) is 1. The van der Waals surface area contributed by atoms with Crippen molar-refractivity contribution < 1.29 is 22.7 Å². The Bertz CT molecular complexity index is 685. The first-order chi connectivity index (χ1) is 12.4. The van der Waals surface area contributed by atoms with Crippen LogP contribution in [0.5, 0.6) is 0 Å². The summed E-state index contributed by atoms with van der Waals surface area (Å²) in [5, 5.41) is 0. The second-order valence-corrected chi connectivity index (χ2v) is 8.15. The lowest BCUT2D eigenvalue weighted by molar-refractivity contribution is 0.0791. The molecule has 1 saturated heterocycles. The minimum absolute atomic E-state index is 0.00808. The molecule has 8 nitrogen and oxygen atoms in total. The van der Waals surface area contributed by atoms with Crippen molar-refractivity contribution in [3.05, 3.63) is 29.8 Å². The lowest BCUT2D eigenvalue weighted by Gasteiger charge is -2.22. The van der Waals surface area contributed by atoms with Crippen LogP contribution in [-0.2, 0) is 19.5 Å². The number of nitrogens with zero attached hydrogens (tertiary/aromatic N) is 2. The predicted molar refractivity (Wildman–Crippen MR) is 97.4 cm³/mol. The van der Waals surface area contributed by atoms with Gasteiger partial charge in [0.05, 0.1) is 18.1 Å². The molecule has 1 atom stereocenters. The van der Waals surface area contributed by atoms with Crippen LogP contribution in [0.1, 0.15) is 16.8 Å². The highest BCUT2D eigenvalue weighted by Crippen LogP contribution is 2.18. The number of amides is 1. The van der Waals surface area contributed by atoms with Crippen LogP contribution in [0.2, 0.25) is 0 Å². The first-order valence-electron chi connectivity index (χ1n) is 8.53. The summed E-state index contributed by atoms with van der Waals surface area (Å²) in [6, 6.07) is 6.03. The molecule has 0 saturated carbocycles. The van der Waals surface area contributed by atoms with Gasteiger partial charge >= 0.3 is 0 Å². The van der Waals surface area contributed by atoms with Crippen LogP contribution in [0.15, 0.2) is 29.2 Å². The second kappa shape index (κ2) is 9.43. The van der Waals surface area contributed by atoms with Crippen LogP contribution in [0.25, 0.3) is 0 Å². The summed E-state index contributed by atoms with van der Waals surface area (Å²) in [6.45, 7) is 2.19. The molecule has 9 heteroatoms.